The maximum Gasteiger partial charge on any atom is 0.389 e. The second-order valence-corrected chi connectivity index (χ2v) is 3.96. The lowest BCUT2D eigenvalue weighted by atomic mass is 10.5. The Morgan fingerprint density at radius 1 is 1.18 bits per heavy atom. The zero-order valence-corrected chi connectivity index (χ0v) is 7.36. The van der Waals surface area contributed by atoms with Gasteiger partial charge < -0.3 is 8.85 Å². The van der Waals surface area contributed by atoms with E-state index in [1.54, 1.807) is 0 Å². The minimum Gasteiger partial charge on any atom is -0.397 e. The molecule has 0 amide bonds. The monoisotopic (exact) mass is 187 g/mol. The summed E-state index contributed by atoms with van der Waals surface area (Å²) in [5.74, 6) is 0. The predicted molar refractivity (Wildman–Crippen MR) is 35.3 cm³/mol. The van der Waals surface area contributed by atoms with Crippen molar-refractivity contribution in [3.63, 3.8) is 0 Å². The third-order valence-electron chi connectivity index (χ3n) is 1.07. The van der Waals surface area contributed by atoms with Crippen LogP contribution in [0.3, 0.4) is 0 Å². The molecule has 0 rings (SSSR count). The highest BCUT2D eigenvalue weighted by atomic mass is 28.3. The second kappa shape index (κ2) is 4.73. The molecule has 0 aliphatic rings. The Kier molecular flexibility index (Phi) is 4.70. The summed E-state index contributed by atoms with van der Waals surface area (Å²) in [4.78, 5) is 0. The van der Waals surface area contributed by atoms with Crippen LogP contribution in [0.5, 0.6) is 0 Å². The molecule has 1 radical (unpaired) electrons. The van der Waals surface area contributed by atoms with Crippen LogP contribution < -0.4 is 0 Å². The van der Waals surface area contributed by atoms with Gasteiger partial charge in [0.15, 0.2) is 0 Å². The lowest BCUT2D eigenvalue weighted by Gasteiger charge is -2.10. The number of halogens is 3. The quantitative estimate of drug-likeness (QED) is 0.624. The van der Waals surface area contributed by atoms with Gasteiger partial charge in [0.05, 0.1) is 0 Å². The summed E-state index contributed by atoms with van der Waals surface area (Å²) in [6.45, 7) is 0. The number of hydrogen-bond donors (Lipinski definition) is 0. The molecule has 0 bridgehead atoms. The van der Waals surface area contributed by atoms with E-state index in [-0.39, 0.29) is 6.04 Å². The van der Waals surface area contributed by atoms with Gasteiger partial charge in [-0.15, -0.1) is 0 Å². The maximum atomic E-state index is 11.6. The molecule has 0 spiro atoms. The fraction of sp³-hybridized carbons (Fsp3) is 1.00. The Morgan fingerprint density at radius 3 is 1.91 bits per heavy atom. The highest BCUT2D eigenvalue weighted by molar-refractivity contribution is 6.44. The topological polar surface area (TPSA) is 18.5 Å². The van der Waals surface area contributed by atoms with Crippen molar-refractivity contribution in [3.05, 3.63) is 0 Å². The molecule has 0 aliphatic heterocycles. The van der Waals surface area contributed by atoms with E-state index in [1.807, 2.05) is 0 Å². The van der Waals surface area contributed by atoms with Crippen molar-refractivity contribution >= 4 is 9.28 Å². The molecule has 11 heavy (non-hydrogen) atoms. The summed E-state index contributed by atoms with van der Waals surface area (Å²) in [6, 6.07) is -0.0544. The van der Waals surface area contributed by atoms with Crippen molar-refractivity contribution in [2.75, 3.05) is 14.2 Å². The zero-order chi connectivity index (χ0) is 8.91. The normalized spacial score (nSPS) is 12.5. The van der Waals surface area contributed by atoms with Crippen molar-refractivity contribution in [2.45, 2.75) is 18.6 Å². The summed E-state index contributed by atoms with van der Waals surface area (Å²) in [5, 5.41) is 0. The van der Waals surface area contributed by atoms with E-state index in [0.717, 1.165) is 0 Å². The highest BCUT2D eigenvalue weighted by Gasteiger charge is 2.29. The molecule has 67 valence electrons. The lowest BCUT2D eigenvalue weighted by Crippen LogP contribution is -2.21. The van der Waals surface area contributed by atoms with Crippen molar-refractivity contribution in [2.24, 2.45) is 0 Å². The van der Waals surface area contributed by atoms with Crippen molar-refractivity contribution in [1.29, 1.82) is 0 Å². The summed E-state index contributed by atoms with van der Waals surface area (Å²) < 4.78 is 44.1. The number of alkyl halides is 3. The summed E-state index contributed by atoms with van der Waals surface area (Å²) in [7, 11) is 1.03. The van der Waals surface area contributed by atoms with E-state index in [9.17, 15) is 13.2 Å². The Hall–Kier alpha value is -0.0731. The van der Waals surface area contributed by atoms with Crippen LogP contribution >= 0.6 is 0 Å². The third kappa shape index (κ3) is 6.33. The molecular weight excluding hydrogens is 177 g/mol. The number of hydrogen-bond acceptors (Lipinski definition) is 2. The molecule has 0 saturated carbocycles. The van der Waals surface area contributed by atoms with E-state index in [4.69, 9.17) is 0 Å². The molecule has 0 aliphatic carbocycles. The first-order valence-electron chi connectivity index (χ1n) is 3.00. The highest BCUT2D eigenvalue weighted by Crippen LogP contribution is 2.22. The summed E-state index contributed by atoms with van der Waals surface area (Å²) in [6.07, 6.45) is -4.93. The van der Waals surface area contributed by atoms with E-state index in [1.165, 1.54) is 14.2 Å². The van der Waals surface area contributed by atoms with Crippen molar-refractivity contribution in [3.8, 4) is 0 Å². The smallest absolute Gasteiger partial charge is 0.389 e. The lowest BCUT2D eigenvalue weighted by molar-refractivity contribution is -0.131. The van der Waals surface area contributed by atoms with Crippen LogP contribution in [0, 0.1) is 0 Å². The minimum atomic E-state index is -4.10. The van der Waals surface area contributed by atoms with Gasteiger partial charge in [-0.1, -0.05) is 0 Å². The van der Waals surface area contributed by atoms with Crippen LogP contribution in [0.1, 0.15) is 6.42 Å². The van der Waals surface area contributed by atoms with Gasteiger partial charge in [-0.05, 0) is 0 Å². The fourth-order valence-corrected chi connectivity index (χ4v) is 1.59. The van der Waals surface area contributed by atoms with Crippen molar-refractivity contribution < 1.29 is 22.0 Å². The Balaban J connectivity index is 3.51. The third-order valence-corrected chi connectivity index (χ3v) is 2.64. The van der Waals surface area contributed by atoms with Gasteiger partial charge in [0.25, 0.3) is 0 Å². The predicted octanol–water partition coefficient (Wildman–Crippen LogP) is 1.72. The standard InChI is InChI=1S/C5H10F3O2Si/c1-9-11(10-2)4-3-5(6,7)8/h3-4H2,1-2H3. The van der Waals surface area contributed by atoms with Gasteiger partial charge in [0, 0.05) is 26.7 Å². The molecular formula is C5H10F3O2Si. The minimum absolute atomic E-state index is 0.0544. The molecule has 2 nitrogen and oxygen atoms in total. The van der Waals surface area contributed by atoms with Crippen molar-refractivity contribution in [1.82, 2.24) is 0 Å². The molecule has 6 heteroatoms. The average molecular weight is 187 g/mol. The average Bonchev–Trinajstić information content (AvgIpc) is 1.88. The summed E-state index contributed by atoms with van der Waals surface area (Å²) >= 11 is 0. The SMILES string of the molecule is CO[Si](CCC(F)(F)F)OC. The Morgan fingerprint density at radius 2 is 1.64 bits per heavy atom. The van der Waals surface area contributed by atoms with Gasteiger partial charge in [-0.25, -0.2) is 0 Å². The van der Waals surface area contributed by atoms with Crippen LogP contribution in [0.15, 0.2) is 0 Å². The van der Waals surface area contributed by atoms with Crippen LogP contribution in [-0.4, -0.2) is 29.7 Å². The molecule has 0 saturated heterocycles. The van der Waals surface area contributed by atoms with Gasteiger partial charge in [-0.2, -0.15) is 13.2 Å². The largest absolute Gasteiger partial charge is 0.397 e. The first kappa shape index (κ1) is 10.9. The van der Waals surface area contributed by atoms with E-state index < -0.39 is 21.9 Å². The van der Waals surface area contributed by atoms with E-state index >= 15 is 0 Å². The molecule has 0 aromatic heterocycles. The van der Waals surface area contributed by atoms with Crippen LogP contribution in [0.25, 0.3) is 0 Å². The first-order valence-corrected chi connectivity index (χ1v) is 4.52. The van der Waals surface area contributed by atoms with Crippen LogP contribution in [0.2, 0.25) is 6.04 Å². The van der Waals surface area contributed by atoms with E-state index in [0.29, 0.717) is 0 Å². The van der Waals surface area contributed by atoms with Gasteiger partial charge >= 0.3 is 15.5 Å². The Labute approximate surface area is 65.1 Å². The molecule has 0 unspecified atom stereocenters. The molecule has 0 fully saturated rings. The van der Waals surface area contributed by atoms with Gasteiger partial charge in [-0.3, -0.25) is 0 Å². The Bertz CT molecular complexity index is 102. The molecule has 0 heterocycles. The molecule has 0 aromatic rings. The van der Waals surface area contributed by atoms with Crippen LogP contribution in [-0.2, 0) is 8.85 Å². The van der Waals surface area contributed by atoms with Crippen LogP contribution in [0.4, 0.5) is 13.2 Å². The fourth-order valence-electron chi connectivity index (χ4n) is 0.531. The molecule has 0 N–H and O–H groups in total. The maximum absolute atomic E-state index is 11.6. The van der Waals surface area contributed by atoms with Gasteiger partial charge in [0.1, 0.15) is 0 Å². The molecule has 0 aromatic carbocycles. The first-order chi connectivity index (χ1) is 4.99. The van der Waals surface area contributed by atoms with E-state index in [2.05, 4.69) is 8.85 Å². The van der Waals surface area contributed by atoms with Gasteiger partial charge in [0.2, 0.25) is 0 Å². The zero-order valence-electron chi connectivity index (χ0n) is 6.36. The molecule has 0 atom stereocenters. The summed E-state index contributed by atoms with van der Waals surface area (Å²) in [5.41, 5.74) is 0. The number of rotatable bonds is 4. The second-order valence-electron chi connectivity index (χ2n) is 1.90.